The van der Waals surface area contributed by atoms with Crippen molar-refractivity contribution in [1.82, 2.24) is 10.2 Å². The Morgan fingerprint density at radius 3 is 2.71 bits per heavy atom. The summed E-state index contributed by atoms with van der Waals surface area (Å²) in [7, 11) is 0. The van der Waals surface area contributed by atoms with E-state index in [1.54, 1.807) is 0 Å². The van der Waals surface area contributed by atoms with Gasteiger partial charge in [-0.15, -0.1) is 0 Å². The molecule has 2 aromatic rings. The van der Waals surface area contributed by atoms with E-state index in [1.807, 2.05) is 38.1 Å². The van der Waals surface area contributed by atoms with Crippen LogP contribution in [0.15, 0.2) is 24.3 Å². The number of nitrogens with zero attached hydrogens (tertiary/aromatic N) is 1. The van der Waals surface area contributed by atoms with E-state index in [4.69, 9.17) is 4.74 Å². The highest BCUT2D eigenvalue weighted by atomic mass is 16.5. The first kappa shape index (κ1) is 15.1. The Balaban J connectivity index is 1.90. The average molecular weight is 287 g/mol. The molecule has 2 N–H and O–H groups in total. The fourth-order valence-corrected chi connectivity index (χ4v) is 2.17. The highest BCUT2D eigenvalue weighted by Gasteiger charge is 2.09. The summed E-state index contributed by atoms with van der Waals surface area (Å²) in [5, 5.41) is 9.67. The van der Waals surface area contributed by atoms with Crippen molar-refractivity contribution in [3.05, 3.63) is 41.1 Å². The maximum atomic E-state index is 11.9. The minimum absolute atomic E-state index is 0.0261. The second kappa shape index (κ2) is 6.92. The topological polar surface area (TPSA) is 67.0 Å². The zero-order chi connectivity index (χ0) is 15.2. The molecule has 21 heavy (non-hydrogen) atoms. The Labute approximate surface area is 124 Å². The largest absolute Gasteiger partial charge is 0.483 e. The molecular weight excluding hydrogens is 266 g/mol. The average Bonchev–Trinajstić information content (AvgIpc) is 2.86. The summed E-state index contributed by atoms with van der Waals surface area (Å²) in [4.78, 5) is 11.9. The number of hydrogen-bond donors (Lipinski definition) is 2. The summed E-state index contributed by atoms with van der Waals surface area (Å²) in [5.74, 6) is 1.09. The number of benzene rings is 1. The van der Waals surface area contributed by atoms with Crippen LogP contribution >= 0.6 is 0 Å². The van der Waals surface area contributed by atoms with Crippen molar-refractivity contribution >= 4 is 11.7 Å². The fourth-order valence-electron chi connectivity index (χ4n) is 2.17. The third-order valence-corrected chi connectivity index (χ3v) is 3.17. The zero-order valence-corrected chi connectivity index (χ0v) is 12.7. The van der Waals surface area contributed by atoms with Gasteiger partial charge in [-0.3, -0.25) is 9.89 Å². The molecule has 1 aromatic carbocycles. The van der Waals surface area contributed by atoms with Crippen LogP contribution in [0.25, 0.3) is 0 Å². The number of anilines is 1. The van der Waals surface area contributed by atoms with Crippen molar-refractivity contribution in [2.75, 3.05) is 11.9 Å². The monoisotopic (exact) mass is 287 g/mol. The van der Waals surface area contributed by atoms with Gasteiger partial charge in [-0.1, -0.05) is 31.5 Å². The van der Waals surface area contributed by atoms with Gasteiger partial charge in [-0.25, -0.2) is 0 Å². The molecule has 0 atom stereocenters. The van der Waals surface area contributed by atoms with Crippen molar-refractivity contribution in [3.8, 4) is 5.75 Å². The number of aromatic nitrogens is 2. The van der Waals surface area contributed by atoms with Crippen LogP contribution in [0.3, 0.4) is 0 Å². The first-order valence-electron chi connectivity index (χ1n) is 7.13. The van der Waals surface area contributed by atoms with Gasteiger partial charge in [0, 0.05) is 11.8 Å². The van der Waals surface area contributed by atoms with E-state index in [0.29, 0.717) is 5.82 Å². The van der Waals surface area contributed by atoms with Crippen LogP contribution in [0.2, 0.25) is 0 Å². The third kappa shape index (κ3) is 4.08. The molecular formula is C16H21N3O2. The first-order valence-corrected chi connectivity index (χ1v) is 7.13. The lowest BCUT2D eigenvalue weighted by atomic mass is 10.1. The second-order valence-corrected chi connectivity index (χ2v) is 5.09. The molecule has 0 aliphatic carbocycles. The van der Waals surface area contributed by atoms with Gasteiger partial charge in [0.1, 0.15) is 5.75 Å². The number of para-hydroxylation sites is 1. The number of aromatic amines is 1. The summed E-state index contributed by atoms with van der Waals surface area (Å²) in [6.07, 6.45) is 1.95. The molecule has 0 saturated heterocycles. The van der Waals surface area contributed by atoms with Gasteiger partial charge in [0.2, 0.25) is 0 Å². The van der Waals surface area contributed by atoms with Crippen molar-refractivity contribution < 1.29 is 9.53 Å². The van der Waals surface area contributed by atoms with Crippen LogP contribution in [0, 0.1) is 13.8 Å². The quantitative estimate of drug-likeness (QED) is 0.858. The molecule has 112 valence electrons. The van der Waals surface area contributed by atoms with Crippen LogP contribution in [0.4, 0.5) is 5.82 Å². The highest BCUT2D eigenvalue weighted by Crippen LogP contribution is 2.22. The Morgan fingerprint density at radius 1 is 1.33 bits per heavy atom. The van der Waals surface area contributed by atoms with E-state index in [1.165, 1.54) is 0 Å². The molecule has 0 radical (unpaired) electrons. The van der Waals surface area contributed by atoms with Gasteiger partial charge >= 0.3 is 0 Å². The van der Waals surface area contributed by atoms with Crippen molar-refractivity contribution in [2.24, 2.45) is 0 Å². The second-order valence-electron chi connectivity index (χ2n) is 5.09. The number of carbonyl (C=O) groups excluding carboxylic acids is 1. The lowest BCUT2D eigenvalue weighted by Gasteiger charge is -2.11. The number of H-pyrrole nitrogens is 1. The van der Waals surface area contributed by atoms with Crippen LogP contribution < -0.4 is 10.1 Å². The van der Waals surface area contributed by atoms with Crippen LogP contribution in [-0.4, -0.2) is 22.7 Å². The van der Waals surface area contributed by atoms with Crippen molar-refractivity contribution in [2.45, 2.75) is 33.6 Å². The molecule has 1 amide bonds. The van der Waals surface area contributed by atoms with Crippen LogP contribution in [0.1, 0.15) is 30.2 Å². The fraction of sp³-hybridized carbons (Fsp3) is 0.375. The molecule has 1 aromatic heterocycles. The van der Waals surface area contributed by atoms with Gasteiger partial charge in [0.15, 0.2) is 12.4 Å². The molecule has 0 unspecified atom stereocenters. The molecule has 0 spiro atoms. The Hall–Kier alpha value is -2.30. The van der Waals surface area contributed by atoms with E-state index in [9.17, 15) is 4.79 Å². The molecule has 0 aliphatic rings. The Kier molecular flexibility index (Phi) is 4.98. The molecule has 2 rings (SSSR count). The summed E-state index contributed by atoms with van der Waals surface area (Å²) in [6, 6.07) is 7.74. The zero-order valence-electron chi connectivity index (χ0n) is 12.7. The summed E-state index contributed by atoms with van der Waals surface area (Å²) >= 11 is 0. The molecule has 0 saturated carbocycles. The number of carbonyl (C=O) groups is 1. The molecule has 5 nitrogen and oxygen atoms in total. The van der Waals surface area contributed by atoms with Gasteiger partial charge in [0.05, 0.1) is 0 Å². The SMILES string of the molecule is CCCc1cc(NC(=O)COc2c(C)cccc2C)n[nH]1. The third-order valence-electron chi connectivity index (χ3n) is 3.17. The molecule has 1 heterocycles. The van der Waals surface area contributed by atoms with Crippen molar-refractivity contribution in [3.63, 3.8) is 0 Å². The summed E-state index contributed by atoms with van der Waals surface area (Å²) < 4.78 is 5.61. The van der Waals surface area contributed by atoms with E-state index in [0.717, 1.165) is 35.4 Å². The van der Waals surface area contributed by atoms with Gasteiger partial charge in [0.25, 0.3) is 5.91 Å². The molecule has 0 bridgehead atoms. The van der Waals surface area contributed by atoms with Crippen LogP contribution in [0.5, 0.6) is 5.75 Å². The number of rotatable bonds is 6. The first-order chi connectivity index (χ1) is 10.1. The smallest absolute Gasteiger partial charge is 0.263 e. The normalized spacial score (nSPS) is 10.4. The molecule has 0 fully saturated rings. The minimum Gasteiger partial charge on any atom is -0.483 e. The van der Waals surface area contributed by atoms with E-state index in [2.05, 4.69) is 22.4 Å². The molecule has 5 heteroatoms. The number of nitrogens with one attached hydrogen (secondary N) is 2. The lowest BCUT2D eigenvalue weighted by molar-refractivity contribution is -0.118. The maximum Gasteiger partial charge on any atom is 0.263 e. The van der Waals surface area contributed by atoms with Gasteiger partial charge in [-0.05, 0) is 31.4 Å². The Bertz CT molecular complexity index is 599. The Morgan fingerprint density at radius 2 is 2.05 bits per heavy atom. The van der Waals surface area contributed by atoms with Gasteiger partial charge < -0.3 is 10.1 Å². The highest BCUT2D eigenvalue weighted by molar-refractivity contribution is 5.91. The number of ether oxygens (including phenoxy) is 1. The summed E-state index contributed by atoms with van der Waals surface area (Å²) in [6.45, 7) is 6.00. The predicted octanol–water partition coefficient (Wildman–Crippen LogP) is 3.00. The molecule has 0 aliphatic heterocycles. The number of hydrogen-bond acceptors (Lipinski definition) is 3. The van der Waals surface area contributed by atoms with Gasteiger partial charge in [-0.2, -0.15) is 5.10 Å². The standard InChI is InChI=1S/C16H21N3O2/c1-4-6-13-9-14(19-18-13)17-15(20)10-21-16-11(2)7-5-8-12(16)3/h5,7-9H,4,6,10H2,1-3H3,(H2,17,18,19,20). The minimum atomic E-state index is -0.216. The maximum absolute atomic E-state index is 11.9. The van der Waals surface area contributed by atoms with Crippen molar-refractivity contribution in [1.29, 1.82) is 0 Å². The lowest BCUT2D eigenvalue weighted by Crippen LogP contribution is -2.20. The van der Waals surface area contributed by atoms with E-state index < -0.39 is 0 Å². The number of amides is 1. The summed E-state index contributed by atoms with van der Waals surface area (Å²) in [5.41, 5.74) is 3.06. The van der Waals surface area contributed by atoms with Crippen LogP contribution in [-0.2, 0) is 11.2 Å². The predicted molar refractivity (Wildman–Crippen MR) is 82.6 cm³/mol. The van der Waals surface area contributed by atoms with E-state index >= 15 is 0 Å². The van der Waals surface area contributed by atoms with E-state index in [-0.39, 0.29) is 12.5 Å². The number of aryl methyl sites for hydroxylation is 3.